The summed E-state index contributed by atoms with van der Waals surface area (Å²) in [5.41, 5.74) is 2.28. The molecular formula is C17H24N2OS. The predicted molar refractivity (Wildman–Crippen MR) is 90.0 cm³/mol. The highest BCUT2D eigenvalue weighted by atomic mass is 32.1. The van der Waals surface area contributed by atoms with Gasteiger partial charge in [-0.3, -0.25) is 0 Å². The highest BCUT2D eigenvalue weighted by Crippen LogP contribution is 2.25. The quantitative estimate of drug-likeness (QED) is 0.693. The van der Waals surface area contributed by atoms with Gasteiger partial charge in [-0.05, 0) is 43.7 Å². The van der Waals surface area contributed by atoms with Gasteiger partial charge in [-0.2, -0.15) is 0 Å². The molecular weight excluding hydrogens is 280 g/mol. The fourth-order valence-corrected chi connectivity index (χ4v) is 2.78. The van der Waals surface area contributed by atoms with Crippen LogP contribution >= 0.6 is 11.3 Å². The first-order valence-electron chi connectivity index (χ1n) is 7.71. The van der Waals surface area contributed by atoms with Crippen molar-refractivity contribution in [3.05, 3.63) is 35.3 Å². The Hall–Kier alpha value is -1.39. The molecule has 3 nitrogen and oxygen atoms in total. The number of unbranched alkanes of at least 4 members (excludes halogenated alkanes) is 1. The van der Waals surface area contributed by atoms with Gasteiger partial charge < -0.3 is 10.1 Å². The van der Waals surface area contributed by atoms with Crippen molar-refractivity contribution in [1.82, 2.24) is 10.3 Å². The highest BCUT2D eigenvalue weighted by Gasteiger charge is 2.05. The van der Waals surface area contributed by atoms with E-state index in [-0.39, 0.29) is 0 Å². The Bertz CT molecular complexity index is 522. The van der Waals surface area contributed by atoms with Crippen LogP contribution in [0.5, 0.6) is 5.75 Å². The lowest BCUT2D eigenvalue weighted by Gasteiger charge is -2.04. The molecule has 2 aromatic rings. The molecule has 0 fully saturated rings. The van der Waals surface area contributed by atoms with Gasteiger partial charge in [0, 0.05) is 17.5 Å². The minimum Gasteiger partial charge on any atom is -0.494 e. The molecule has 2 rings (SSSR count). The van der Waals surface area contributed by atoms with Gasteiger partial charge in [0.05, 0.1) is 12.3 Å². The zero-order valence-corrected chi connectivity index (χ0v) is 13.7. The van der Waals surface area contributed by atoms with E-state index in [1.165, 1.54) is 12.8 Å². The molecule has 1 aromatic carbocycles. The molecule has 0 bridgehead atoms. The second kappa shape index (κ2) is 8.80. The summed E-state index contributed by atoms with van der Waals surface area (Å²) in [5.74, 6) is 0.929. The first-order valence-corrected chi connectivity index (χ1v) is 8.59. The second-order valence-corrected chi connectivity index (χ2v) is 5.91. The summed E-state index contributed by atoms with van der Waals surface area (Å²) < 4.78 is 5.60. The van der Waals surface area contributed by atoms with Gasteiger partial charge in [0.2, 0.25) is 0 Å². The van der Waals surface area contributed by atoms with E-state index in [1.54, 1.807) is 11.3 Å². The first-order chi connectivity index (χ1) is 10.3. The number of ether oxygens (including phenoxy) is 1. The van der Waals surface area contributed by atoms with Crippen molar-refractivity contribution in [2.45, 2.75) is 39.7 Å². The molecule has 0 unspecified atom stereocenters. The third kappa shape index (κ3) is 5.14. The summed E-state index contributed by atoms with van der Waals surface area (Å²) >= 11 is 1.70. The molecule has 0 amide bonds. The monoisotopic (exact) mass is 304 g/mol. The van der Waals surface area contributed by atoms with Crippen molar-refractivity contribution in [1.29, 1.82) is 0 Å². The Morgan fingerprint density at radius 2 is 1.95 bits per heavy atom. The van der Waals surface area contributed by atoms with Crippen molar-refractivity contribution in [2.75, 3.05) is 13.2 Å². The van der Waals surface area contributed by atoms with Gasteiger partial charge in [0.15, 0.2) is 0 Å². The molecule has 1 aromatic heterocycles. The summed E-state index contributed by atoms with van der Waals surface area (Å²) in [6.45, 7) is 7.00. The van der Waals surface area contributed by atoms with Crippen LogP contribution in [0.1, 0.15) is 38.8 Å². The van der Waals surface area contributed by atoms with Crippen molar-refractivity contribution in [3.8, 4) is 16.3 Å². The van der Waals surface area contributed by atoms with Crippen LogP contribution in [0.15, 0.2) is 29.6 Å². The summed E-state index contributed by atoms with van der Waals surface area (Å²) in [6.07, 6.45) is 3.47. The lowest BCUT2D eigenvalue weighted by molar-refractivity contribution is 0.317. The number of rotatable bonds is 9. The summed E-state index contributed by atoms with van der Waals surface area (Å²) in [7, 11) is 0. The van der Waals surface area contributed by atoms with E-state index in [0.717, 1.165) is 48.1 Å². The Balaban J connectivity index is 1.91. The van der Waals surface area contributed by atoms with Gasteiger partial charge in [0.25, 0.3) is 0 Å². The zero-order valence-electron chi connectivity index (χ0n) is 12.9. The molecule has 4 heteroatoms. The molecule has 0 spiro atoms. The number of nitrogens with zero attached hydrogens (tertiary/aromatic N) is 1. The molecule has 0 aliphatic rings. The van der Waals surface area contributed by atoms with Crippen molar-refractivity contribution in [2.24, 2.45) is 0 Å². The van der Waals surface area contributed by atoms with E-state index >= 15 is 0 Å². The molecule has 0 saturated carbocycles. The van der Waals surface area contributed by atoms with Crippen LogP contribution in [-0.4, -0.2) is 18.1 Å². The summed E-state index contributed by atoms with van der Waals surface area (Å²) in [5, 5.41) is 6.63. The van der Waals surface area contributed by atoms with Crippen LogP contribution in [0.4, 0.5) is 0 Å². The van der Waals surface area contributed by atoms with Gasteiger partial charge in [0.1, 0.15) is 10.8 Å². The van der Waals surface area contributed by atoms with Crippen LogP contribution in [0, 0.1) is 0 Å². The number of hydrogen-bond acceptors (Lipinski definition) is 4. The second-order valence-electron chi connectivity index (χ2n) is 5.05. The van der Waals surface area contributed by atoms with Gasteiger partial charge >= 0.3 is 0 Å². The van der Waals surface area contributed by atoms with Crippen LogP contribution in [0.2, 0.25) is 0 Å². The minimum absolute atomic E-state index is 0.768. The van der Waals surface area contributed by atoms with Crippen LogP contribution < -0.4 is 10.1 Å². The molecule has 1 heterocycles. The third-order valence-electron chi connectivity index (χ3n) is 3.14. The molecule has 21 heavy (non-hydrogen) atoms. The van der Waals surface area contributed by atoms with Crippen molar-refractivity contribution in [3.63, 3.8) is 0 Å². The lowest BCUT2D eigenvalue weighted by Crippen LogP contribution is -2.14. The zero-order chi connectivity index (χ0) is 14.9. The molecule has 0 aliphatic heterocycles. The maximum absolute atomic E-state index is 5.60. The van der Waals surface area contributed by atoms with Crippen LogP contribution in [0.25, 0.3) is 10.6 Å². The summed E-state index contributed by atoms with van der Waals surface area (Å²) in [4.78, 5) is 4.69. The Labute approximate surface area is 131 Å². The summed E-state index contributed by atoms with van der Waals surface area (Å²) in [6, 6.07) is 8.20. The van der Waals surface area contributed by atoms with E-state index in [2.05, 4.69) is 41.7 Å². The van der Waals surface area contributed by atoms with Crippen LogP contribution in [-0.2, 0) is 6.54 Å². The van der Waals surface area contributed by atoms with E-state index < -0.39 is 0 Å². The highest BCUT2D eigenvalue weighted by molar-refractivity contribution is 7.13. The first kappa shape index (κ1) is 16.0. The van der Waals surface area contributed by atoms with Crippen molar-refractivity contribution < 1.29 is 4.74 Å². The standard InChI is InChI=1S/C17H24N2OS/c1-3-5-10-18-12-15-13-21-17(19-15)14-6-8-16(9-7-14)20-11-4-2/h6-9,13,18H,3-5,10-12H2,1-2H3. The fraction of sp³-hybridized carbons (Fsp3) is 0.471. The maximum atomic E-state index is 5.60. The molecule has 0 saturated heterocycles. The van der Waals surface area contributed by atoms with E-state index in [9.17, 15) is 0 Å². The van der Waals surface area contributed by atoms with Gasteiger partial charge in [-0.25, -0.2) is 4.98 Å². The minimum atomic E-state index is 0.768. The molecule has 0 aliphatic carbocycles. The van der Waals surface area contributed by atoms with E-state index in [0.29, 0.717) is 0 Å². The molecule has 114 valence electrons. The average molecular weight is 304 g/mol. The largest absolute Gasteiger partial charge is 0.494 e. The number of nitrogens with one attached hydrogen (secondary N) is 1. The molecule has 0 atom stereocenters. The van der Waals surface area contributed by atoms with Gasteiger partial charge in [-0.1, -0.05) is 20.3 Å². The third-order valence-corrected chi connectivity index (χ3v) is 4.08. The number of thiazole rings is 1. The smallest absolute Gasteiger partial charge is 0.123 e. The number of benzene rings is 1. The Kier molecular flexibility index (Phi) is 6.70. The maximum Gasteiger partial charge on any atom is 0.123 e. The SMILES string of the molecule is CCCCNCc1csc(-c2ccc(OCCC)cc2)n1. The predicted octanol–water partition coefficient (Wildman–Crippen LogP) is 4.49. The lowest BCUT2D eigenvalue weighted by atomic mass is 10.2. The van der Waals surface area contributed by atoms with E-state index in [4.69, 9.17) is 4.74 Å². The average Bonchev–Trinajstić information content (AvgIpc) is 2.99. The normalized spacial score (nSPS) is 10.8. The Morgan fingerprint density at radius 3 is 2.67 bits per heavy atom. The topological polar surface area (TPSA) is 34.1 Å². The number of aromatic nitrogens is 1. The van der Waals surface area contributed by atoms with E-state index in [1.807, 2.05) is 12.1 Å². The van der Waals surface area contributed by atoms with Gasteiger partial charge in [-0.15, -0.1) is 11.3 Å². The van der Waals surface area contributed by atoms with Crippen molar-refractivity contribution >= 4 is 11.3 Å². The fourth-order valence-electron chi connectivity index (χ4n) is 1.95. The molecule has 0 radical (unpaired) electrons. The molecule has 1 N–H and O–H groups in total. The van der Waals surface area contributed by atoms with Crippen LogP contribution in [0.3, 0.4) is 0 Å². The number of hydrogen-bond donors (Lipinski definition) is 1. The Morgan fingerprint density at radius 1 is 1.14 bits per heavy atom.